The molecule has 0 bridgehead atoms. The fourth-order valence-corrected chi connectivity index (χ4v) is 4.15. The number of ether oxygens (including phenoxy) is 1. The third kappa shape index (κ3) is 4.50. The highest BCUT2D eigenvalue weighted by atomic mass is 16.5. The molecule has 2 heterocycles. The molecule has 1 aromatic carbocycles. The van der Waals surface area contributed by atoms with Crippen LogP contribution in [0.2, 0.25) is 0 Å². The quantitative estimate of drug-likeness (QED) is 0.794. The summed E-state index contributed by atoms with van der Waals surface area (Å²) in [6.07, 6.45) is 6.00. The van der Waals surface area contributed by atoms with Gasteiger partial charge < -0.3 is 9.84 Å². The molecule has 0 radical (unpaired) electrons. The summed E-state index contributed by atoms with van der Waals surface area (Å²) in [7, 11) is 0. The van der Waals surface area contributed by atoms with Crippen LogP contribution in [0.25, 0.3) is 0 Å². The van der Waals surface area contributed by atoms with Gasteiger partial charge in [-0.2, -0.15) is 0 Å². The van der Waals surface area contributed by atoms with Gasteiger partial charge in [0.15, 0.2) is 0 Å². The summed E-state index contributed by atoms with van der Waals surface area (Å²) < 4.78 is 5.98. The zero-order valence-corrected chi connectivity index (χ0v) is 15.0. The zero-order chi connectivity index (χ0) is 16.8. The van der Waals surface area contributed by atoms with Gasteiger partial charge in [0.05, 0.1) is 6.61 Å². The van der Waals surface area contributed by atoms with Crippen molar-refractivity contribution in [3.8, 4) is 5.75 Å². The van der Waals surface area contributed by atoms with E-state index in [2.05, 4.69) is 41.0 Å². The molecule has 2 atom stereocenters. The number of hydrogen-bond donors (Lipinski definition) is 1. The molecule has 3 rings (SSSR count). The number of benzene rings is 1. The molecule has 0 aromatic heterocycles. The largest absolute Gasteiger partial charge is 0.492 e. The second-order valence-corrected chi connectivity index (χ2v) is 7.16. The summed E-state index contributed by atoms with van der Waals surface area (Å²) in [6.45, 7) is 7.67. The molecule has 2 aliphatic heterocycles. The summed E-state index contributed by atoms with van der Waals surface area (Å²) in [4.78, 5) is 5.07. The lowest BCUT2D eigenvalue weighted by molar-refractivity contribution is 0.115. The Morgan fingerprint density at radius 1 is 1.12 bits per heavy atom. The third-order valence-electron chi connectivity index (χ3n) is 5.61. The average Bonchev–Trinajstić information content (AvgIpc) is 3.25. The smallest absolute Gasteiger partial charge is 0.119 e. The molecule has 4 heteroatoms. The molecule has 134 valence electrons. The van der Waals surface area contributed by atoms with Crippen molar-refractivity contribution in [1.29, 1.82) is 0 Å². The zero-order valence-electron chi connectivity index (χ0n) is 15.0. The molecule has 1 N–H and O–H groups in total. The summed E-state index contributed by atoms with van der Waals surface area (Å²) in [6, 6.07) is 9.45. The van der Waals surface area contributed by atoms with E-state index in [-0.39, 0.29) is 0 Å². The Balaban J connectivity index is 1.45. The number of aliphatic hydroxyl groups excluding tert-OH is 1. The van der Waals surface area contributed by atoms with Crippen molar-refractivity contribution in [3.05, 3.63) is 29.8 Å². The van der Waals surface area contributed by atoms with E-state index < -0.39 is 0 Å². The molecule has 4 nitrogen and oxygen atoms in total. The molecule has 24 heavy (non-hydrogen) atoms. The molecular formula is C20H32N2O2. The standard InChI is InChI=1S/C20H32N2O2/c1-2-17-6-3-9-20(14-17)24-13-12-21-10-4-7-18(21)15-22-11-5-8-19(22)16-23/h3,6,9,14,18-19,23H,2,4-5,7-8,10-13,15-16H2,1H3. The fraction of sp³-hybridized carbons (Fsp3) is 0.700. The number of aryl methyl sites for hydroxylation is 1. The lowest BCUT2D eigenvalue weighted by atomic mass is 10.2. The van der Waals surface area contributed by atoms with E-state index in [1.54, 1.807) is 0 Å². The van der Waals surface area contributed by atoms with Gasteiger partial charge in [-0.15, -0.1) is 0 Å². The number of nitrogens with zero attached hydrogens (tertiary/aromatic N) is 2. The molecule has 0 saturated carbocycles. The number of aliphatic hydroxyl groups is 1. The van der Waals surface area contributed by atoms with Gasteiger partial charge in [-0.05, 0) is 62.9 Å². The highest BCUT2D eigenvalue weighted by molar-refractivity contribution is 5.28. The highest BCUT2D eigenvalue weighted by Gasteiger charge is 2.30. The number of likely N-dealkylation sites (tertiary alicyclic amines) is 2. The minimum absolute atomic E-state index is 0.309. The van der Waals surface area contributed by atoms with Crippen molar-refractivity contribution >= 4 is 0 Å². The van der Waals surface area contributed by atoms with E-state index in [1.165, 1.54) is 31.4 Å². The van der Waals surface area contributed by atoms with Crippen LogP contribution in [0.5, 0.6) is 5.75 Å². The Labute approximate surface area is 146 Å². The summed E-state index contributed by atoms with van der Waals surface area (Å²) in [5.74, 6) is 0.991. The van der Waals surface area contributed by atoms with Gasteiger partial charge in [-0.25, -0.2) is 0 Å². The van der Waals surface area contributed by atoms with E-state index in [0.29, 0.717) is 18.7 Å². The average molecular weight is 332 g/mol. The lowest BCUT2D eigenvalue weighted by Gasteiger charge is -2.31. The van der Waals surface area contributed by atoms with E-state index in [4.69, 9.17) is 4.74 Å². The Morgan fingerprint density at radius 2 is 1.92 bits per heavy atom. The van der Waals surface area contributed by atoms with Gasteiger partial charge in [0.25, 0.3) is 0 Å². The number of hydrogen-bond acceptors (Lipinski definition) is 4. The highest BCUT2D eigenvalue weighted by Crippen LogP contribution is 2.23. The summed E-state index contributed by atoms with van der Waals surface area (Å²) >= 11 is 0. The maximum absolute atomic E-state index is 9.51. The van der Waals surface area contributed by atoms with E-state index in [9.17, 15) is 5.11 Å². The Kier molecular flexibility index (Phi) is 6.52. The van der Waals surface area contributed by atoms with Gasteiger partial charge in [-0.1, -0.05) is 19.1 Å². The first-order chi connectivity index (χ1) is 11.8. The molecule has 0 aliphatic carbocycles. The van der Waals surface area contributed by atoms with Crippen LogP contribution >= 0.6 is 0 Å². The van der Waals surface area contributed by atoms with Crippen LogP contribution in [0.4, 0.5) is 0 Å². The second kappa shape index (κ2) is 8.84. The molecule has 2 saturated heterocycles. The Hall–Kier alpha value is -1.10. The van der Waals surface area contributed by atoms with Crippen LogP contribution < -0.4 is 4.74 Å². The normalized spacial score (nSPS) is 25.4. The molecule has 2 unspecified atom stereocenters. The summed E-state index contributed by atoms with van der Waals surface area (Å²) in [5.41, 5.74) is 1.33. The van der Waals surface area contributed by atoms with Crippen LogP contribution in [0.1, 0.15) is 38.2 Å². The first kappa shape index (κ1) is 17.7. The Morgan fingerprint density at radius 3 is 2.71 bits per heavy atom. The van der Waals surface area contributed by atoms with Crippen molar-refractivity contribution in [2.75, 3.05) is 39.4 Å². The van der Waals surface area contributed by atoms with Crippen molar-refractivity contribution in [3.63, 3.8) is 0 Å². The predicted molar refractivity (Wildman–Crippen MR) is 97.6 cm³/mol. The van der Waals surface area contributed by atoms with Gasteiger partial charge in [0.2, 0.25) is 0 Å². The first-order valence-corrected chi connectivity index (χ1v) is 9.61. The van der Waals surface area contributed by atoms with Gasteiger partial charge in [0.1, 0.15) is 12.4 Å². The second-order valence-electron chi connectivity index (χ2n) is 7.16. The fourth-order valence-electron chi connectivity index (χ4n) is 4.15. The molecule has 2 aliphatic rings. The maximum Gasteiger partial charge on any atom is 0.119 e. The Bertz CT molecular complexity index is 508. The maximum atomic E-state index is 9.51. The van der Waals surface area contributed by atoms with Gasteiger partial charge in [0, 0.05) is 25.2 Å². The van der Waals surface area contributed by atoms with E-state index >= 15 is 0 Å². The molecule has 1 aromatic rings. The van der Waals surface area contributed by atoms with Crippen molar-refractivity contribution in [1.82, 2.24) is 9.80 Å². The van der Waals surface area contributed by atoms with Crippen molar-refractivity contribution in [2.24, 2.45) is 0 Å². The number of rotatable bonds is 8. The minimum atomic E-state index is 0.309. The van der Waals surface area contributed by atoms with E-state index in [1.807, 2.05) is 0 Å². The molecule has 0 spiro atoms. The van der Waals surface area contributed by atoms with Crippen LogP contribution in [-0.4, -0.2) is 66.4 Å². The topological polar surface area (TPSA) is 35.9 Å². The van der Waals surface area contributed by atoms with Gasteiger partial charge >= 0.3 is 0 Å². The van der Waals surface area contributed by atoms with Crippen LogP contribution in [-0.2, 0) is 6.42 Å². The molecule has 2 fully saturated rings. The van der Waals surface area contributed by atoms with Crippen LogP contribution in [0, 0.1) is 0 Å². The summed E-state index contributed by atoms with van der Waals surface area (Å²) in [5, 5.41) is 9.51. The first-order valence-electron chi connectivity index (χ1n) is 9.61. The SMILES string of the molecule is CCc1cccc(OCCN2CCCC2CN2CCCC2CO)c1. The minimum Gasteiger partial charge on any atom is -0.492 e. The monoisotopic (exact) mass is 332 g/mol. The third-order valence-corrected chi connectivity index (χ3v) is 5.61. The molecule has 0 amide bonds. The van der Waals surface area contributed by atoms with Crippen molar-refractivity contribution < 1.29 is 9.84 Å². The van der Waals surface area contributed by atoms with E-state index in [0.717, 1.165) is 44.8 Å². The van der Waals surface area contributed by atoms with Crippen molar-refractivity contribution in [2.45, 2.75) is 51.1 Å². The van der Waals surface area contributed by atoms with Crippen LogP contribution in [0.15, 0.2) is 24.3 Å². The molecular weight excluding hydrogens is 300 g/mol. The lowest BCUT2D eigenvalue weighted by Crippen LogP contribution is -2.44. The van der Waals surface area contributed by atoms with Gasteiger partial charge in [-0.3, -0.25) is 9.80 Å². The van der Waals surface area contributed by atoms with Crippen LogP contribution in [0.3, 0.4) is 0 Å². The predicted octanol–water partition coefficient (Wildman–Crippen LogP) is 2.55.